The molecule has 8 heteroatoms. The highest BCUT2D eigenvalue weighted by Crippen LogP contribution is 2.57. The second-order valence-electron chi connectivity index (χ2n) is 5.12. The van der Waals surface area contributed by atoms with Gasteiger partial charge in [-0.3, -0.25) is 0 Å². The monoisotopic (exact) mass is 344 g/mol. The van der Waals surface area contributed by atoms with Gasteiger partial charge in [0, 0.05) is 11.1 Å². The van der Waals surface area contributed by atoms with E-state index in [0.717, 1.165) is 24.3 Å². The van der Waals surface area contributed by atoms with Crippen LogP contribution in [0.5, 0.6) is 0 Å². The Morgan fingerprint density at radius 1 is 0.583 bits per heavy atom. The highest BCUT2D eigenvalue weighted by molar-refractivity contribution is 5.36. The molecule has 0 spiro atoms. The molecule has 0 N–H and O–H groups in total. The summed E-state index contributed by atoms with van der Waals surface area (Å²) in [7, 11) is 0. The van der Waals surface area contributed by atoms with Crippen molar-refractivity contribution in [3.8, 4) is 0 Å². The molecule has 2 unspecified atom stereocenters. The van der Waals surface area contributed by atoms with Crippen LogP contribution in [-0.2, 0) is 11.6 Å². The third-order valence-electron chi connectivity index (χ3n) is 3.81. The molecule has 0 aromatic heterocycles. The van der Waals surface area contributed by atoms with Crippen LogP contribution < -0.4 is 0 Å². The first-order valence-corrected chi connectivity index (χ1v) is 6.81. The van der Waals surface area contributed by atoms with Crippen LogP contribution >= 0.6 is 0 Å². The fourth-order valence-corrected chi connectivity index (χ4v) is 2.62. The van der Waals surface area contributed by atoms with Gasteiger partial charge >= 0.3 is 0 Å². The second-order valence-corrected chi connectivity index (χ2v) is 5.12. The van der Waals surface area contributed by atoms with Gasteiger partial charge in [0.15, 0.2) is 0 Å². The normalized spacial score (nSPS) is 27.6. The van der Waals surface area contributed by atoms with E-state index >= 15 is 8.78 Å². The van der Waals surface area contributed by atoms with Crippen LogP contribution in [0.1, 0.15) is 11.1 Å². The van der Waals surface area contributed by atoms with Crippen LogP contribution in [0.2, 0.25) is 0 Å². The van der Waals surface area contributed by atoms with Crippen molar-refractivity contribution in [1.29, 1.82) is 0 Å². The number of alkyl halides is 2. The Hall–Kier alpha value is -2.64. The molecule has 0 saturated heterocycles. The van der Waals surface area contributed by atoms with E-state index in [1.165, 1.54) is 36.4 Å². The first kappa shape index (κ1) is 16.2. The van der Waals surface area contributed by atoms with Gasteiger partial charge in [-0.15, -0.1) is 10.2 Å². The summed E-state index contributed by atoms with van der Waals surface area (Å²) >= 11 is 0. The van der Waals surface area contributed by atoms with Crippen LogP contribution in [0.15, 0.2) is 72.6 Å². The van der Waals surface area contributed by atoms with Crippen molar-refractivity contribution in [3.05, 3.63) is 83.7 Å². The molecule has 2 nitrogen and oxygen atoms in total. The lowest BCUT2D eigenvalue weighted by molar-refractivity contribution is -0.335. The van der Waals surface area contributed by atoms with Crippen molar-refractivity contribution in [2.75, 3.05) is 0 Å². The van der Waals surface area contributed by atoms with E-state index in [2.05, 4.69) is 0 Å². The summed E-state index contributed by atoms with van der Waals surface area (Å²) in [5.74, 6) is -13.0. The van der Waals surface area contributed by atoms with Crippen molar-refractivity contribution in [3.63, 3.8) is 0 Å². The van der Waals surface area contributed by atoms with Crippen LogP contribution in [-0.4, -0.2) is 10.2 Å². The molecule has 0 saturated carbocycles. The van der Waals surface area contributed by atoms with Gasteiger partial charge in [-0.25, -0.2) is 8.78 Å². The highest BCUT2D eigenvalue weighted by Gasteiger charge is 2.70. The summed E-state index contributed by atoms with van der Waals surface area (Å²) in [5, 5.41) is -2.75. The maximum absolute atomic E-state index is 15.6. The van der Waals surface area contributed by atoms with Crippen molar-refractivity contribution in [2.24, 2.45) is 0 Å². The highest BCUT2D eigenvalue weighted by atomic mass is 19.2. The van der Waals surface area contributed by atoms with Gasteiger partial charge < -0.3 is 0 Å². The fourth-order valence-electron chi connectivity index (χ4n) is 2.62. The van der Waals surface area contributed by atoms with Crippen LogP contribution in [0.4, 0.5) is 26.5 Å². The van der Waals surface area contributed by atoms with Gasteiger partial charge in [-0.1, -0.05) is 69.6 Å². The number of hydrogen-bond donors (Lipinski definition) is 0. The molecular weight excluding hydrogens is 334 g/mol. The average Bonchev–Trinajstić information content (AvgIpc) is 2.64. The molecule has 3 rings (SSSR count). The molecule has 24 heavy (non-hydrogen) atoms. The molecule has 2 atom stereocenters. The Morgan fingerprint density at radius 2 is 0.875 bits per heavy atom. The van der Waals surface area contributed by atoms with Gasteiger partial charge in [0.05, 0.1) is 0 Å². The number of benzene rings is 2. The standard InChI is InChI=1S/C16H10F6N2/c17-13-14(18)24(22)16(20,12-9-5-2-6-10-12)15(19,23(13)21)11-7-3-1-4-8-11/h1-10H. The number of hydrogen-bond acceptors (Lipinski definition) is 2. The molecule has 1 heterocycles. The molecule has 0 amide bonds. The molecule has 2 aromatic carbocycles. The molecule has 0 fully saturated rings. The van der Waals surface area contributed by atoms with Crippen molar-refractivity contribution < 1.29 is 26.5 Å². The quantitative estimate of drug-likeness (QED) is 0.426. The predicted molar refractivity (Wildman–Crippen MR) is 73.6 cm³/mol. The molecule has 2 aromatic rings. The van der Waals surface area contributed by atoms with E-state index in [4.69, 9.17) is 0 Å². The summed E-state index contributed by atoms with van der Waals surface area (Å²) in [4.78, 5) is 0. The van der Waals surface area contributed by atoms with E-state index in [0.29, 0.717) is 0 Å². The summed E-state index contributed by atoms with van der Waals surface area (Å²) in [6, 6.07) is 11.5. The zero-order valence-corrected chi connectivity index (χ0v) is 11.9. The molecule has 1 aliphatic heterocycles. The third-order valence-corrected chi connectivity index (χ3v) is 3.81. The maximum atomic E-state index is 15.6. The maximum Gasteiger partial charge on any atom is 0.297 e. The molecule has 0 radical (unpaired) electrons. The van der Waals surface area contributed by atoms with Crippen LogP contribution in [0, 0.1) is 0 Å². The molecule has 126 valence electrons. The minimum Gasteiger partial charge on any atom is -0.205 e. The zero-order chi connectivity index (χ0) is 17.5. The number of halogens is 6. The van der Waals surface area contributed by atoms with Crippen LogP contribution in [0.25, 0.3) is 0 Å². The van der Waals surface area contributed by atoms with E-state index < -0.39 is 44.9 Å². The lowest BCUT2D eigenvalue weighted by atomic mass is 9.87. The summed E-state index contributed by atoms with van der Waals surface area (Å²) in [5.41, 5.74) is -1.46. The molecule has 0 aliphatic carbocycles. The van der Waals surface area contributed by atoms with Gasteiger partial charge in [0.25, 0.3) is 23.5 Å². The molecular formula is C16H10F6N2. The second kappa shape index (κ2) is 5.47. The number of nitrogens with zero attached hydrogens (tertiary/aromatic N) is 2. The Morgan fingerprint density at radius 3 is 1.17 bits per heavy atom. The lowest BCUT2D eigenvalue weighted by Gasteiger charge is -2.47. The average molecular weight is 344 g/mol. The summed E-state index contributed by atoms with van der Waals surface area (Å²) in [6.07, 6.45) is 0. The zero-order valence-electron chi connectivity index (χ0n) is 11.9. The van der Waals surface area contributed by atoms with Gasteiger partial charge in [0.1, 0.15) is 0 Å². The Balaban J connectivity index is 2.34. The van der Waals surface area contributed by atoms with Gasteiger partial charge in [0.2, 0.25) is 0 Å². The Kier molecular flexibility index (Phi) is 3.70. The third kappa shape index (κ3) is 1.92. The first-order chi connectivity index (χ1) is 11.3. The summed E-state index contributed by atoms with van der Waals surface area (Å²) in [6.45, 7) is 0. The topological polar surface area (TPSA) is 6.48 Å². The van der Waals surface area contributed by atoms with Gasteiger partial charge in [-0.2, -0.15) is 8.78 Å². The minimum atomic E-state index is -4.01. The fraction of sp³-hybridized carbons (Fsp3) is 0.125. The lowest BCUT2D eigenvalue weighted by Crippen LogP contribution is -2.61. The first-order valence-electron chi connectivity index (χ1n) is 6.81. The van der Waals surface area contributed by atoms with E-state index in [9.17, 15) is 17.7 Å². The van der Waals surface area contributed by atoms with E-state index in [1.807, 2.05) is 0 Å². The van der Waals surface area contributed by atoms with Gasteiger partial charge in [-0.05, 0) is 0 Å². The Bertz CT molecular complexity index is 703. The molecule has 0 bridgehead atoms. The van der Waals surface area contributed by atoms with Crippen LogP contribution in [0.3, 0.4) is 0 Å². The van der Waals surface area contributed by atoms with E-state index in [-0.39, 0.29) is 0 Å². The van der Waals surface area contributed by atoms with Crippen molar-refractivity contribution >= 4 is 0 Å². The van der Waals surface area contributed by atoms with Crippen molar-refractivity contribution in [2.45, 2.75) is 11.6 Å². The van der Waals surface area contributed by atoms with E-state index in [1.54, 1.807) is 0 Å². The SMILES string of the molecule is FC1=C(F)N(F)C(F)(c2ccccc2)C(F)(c2ccccc2)N1F. The largest absolute Gasteiger partial charge is 0.297 e. The minimum absolute atomic E-state index is 0.732. The molecule has 1 aliphatic rings. The Labute approximate surface area is 133 Å². The number of rotatable bonds is 2. The predicted octanol–water partition coefficient (Wildman–Crippen LogP) is 5.08. The van der Waals surface area contributed by atoms with Crippen molar-refractivity contribution in [1.82, 2.24) is 10.2 Å². The summed E-state index contributed by atoms with van der Waals surface area (Å²) < 4.78 is 86.9. The smallest absolute Gasteiger partial charge is 0.205 e.